The van der Waals surface area contributed by atoms with Crippen molar-refractivity contribution in [1.82, 2.24) is 4.98 Å². The first-order chi connectivity index (χ1) is 6.66. The maximum atomic E-state index is 10.8. The smallest absolute Gasteiger partial charge is 0.339 e. The predicted molar refractivity (Wildman–Crippen MR) is 49.9 cm³/mol. The van der Waals surface area contributed by atoms with Crippen LogP contribution in [0.5, 0.6) is 5.75 Å². The standard InChI is InChI=1S/C9H8ClNO3/c10-8-3-6(9(12)13)7(4-11-8)14-5-1-2-5/h3-5H,1-2H2,(H,12,13). The van der Waals surface area contributed by atoms with E-state index in [1.165, 1.54) is 12.3 Å². The zero-order valence-electron chi connectivity index (χ0n) is 7.24. The number of rotatable bonds is 3. The van der Waals surface area contributed by atoms with Crippen molar-refractivity contribution >= 4 is 17.6 Å². The van der Waals surface area contributed by atoms with Gasteiger partial charge in [0.25, 0.3) is 0 Å². The molecule has 0 amide bonds. The van der Waals surface area contributed by atoms with Gasteiger partial charge in [0.2, 0.25) is 0 Å². The van der Waals surface area contributed by atoms with Gasteiger partial charge >= 0.3 is 5.97 Å². The van der Waals surface area contributed by atoms with Gasteiger partial charge in [-0.2, -0.15) is 0 Å². The summed E-state index contributed by atoms with van der Waals surface area (Å²) in [6.45, 7) is 0. The van der Waals surface area contributed by atoms with Gasteiger partial charge in [0, 0.05) is 0 Å². The van der Waals surface area contributed by atoms with E-state index in [-0.39, 0.29) is 16.8 Å². The van der Waals surface area contributed by atoms with Crippen LogP contribution in [0.3, 0.4) is 0 Å². The molecule has 0 spiro atoms. The van der Waals surface area contributed by atoms with E-state index in [1.54, 1.807) is 0 Å². The minimum atomic E-state index is -1.05. The number of carbonyl (C=O) groups is 1. The third-order valence-corrected chi connectivity index (χ3v) is 2.09. The summed E-state index contributed by atoms with van der Waals surface area (Å²) < 4.78 is 5.37. The van der Waals surface area contributed by atoms with Gasteiger partial charge in [-0.25, -0.2) is 9.78 Å². The molecule has 0 aromatic carbocycles. The third-order valence-electron chi connectivity index (χ3n) is 1.88. The molecule has 1 aromatic rings. The van der Waals surface area contributed by atoms with Gasteiger partial charge in [0.05, 0.1) is 12.3 Å². The number of hydrogen-bond donors (Lipinski definition) is 1. The number of halogens is 1. The molecule has 1 aromatic heterocycles. The molecule has 0 atom stereocenters. The molecule has 74 valence electrons. The molecule has 1 aliphatic carbocycles. The summed E-state index contributed by atoms with van der Waals surface area (Å²) in [5.74, 6) is -0.755. The molecule has 0 saturated heterocycles. The number of carboxylic acid groups (broad SMARTS) is 1. The SMILES string of the molecule is O=C(O)c1cc(Cl)ncc1OC1CC1. The average molecular weight is 214 g/mol. The van der Waals surface area contributed by atoms with E-state index in [9.17, 15) is 4.79 Å². The van der Waals surface area contributed by atoms with Crippen molar-refractivity contribution in [3.8, 4) is 5.75 Å². The molecule has 2 rings (SSSR count). The Morgan fingerprint density at radius 1 is 1.64 bits per heavy atom. The van der Waals surface area contributed by atoms with Gasteiger partial charge in [-0.15, -0.1) is 0 Å². The van der Waals surface area contributed by atoms with Gasteiger partial charge in [-0.3, -0.25) is 0 Å². The second-order valence-corrected chi connectivity index (χ2v) is 3.51. The van der Waals surface area contributed by atoms with Crippen molar-refractivity contribution < 1.29 is 14.6 Å². The Labute approximate surface area is 85.5 Å². The van der Waals surface area contributed by atoms with Crippen molar-refractivity contribution in [2.24, 2.45) is 0 Å². The van der Waals surface area contributed by atoms with E-state index >= 15 is 0 Å². The quantitative estimate of drug-likeness (QED) is 0.780. The van der Waals surface area contributed by atoms with Crippen LogP contribution in [-0.2, 0) is 0 Å². The Morgan fingerprint density at radius 2 is 2.36 bits per heavy atom. The van der Waals surface area contributed by atoms with Gasteiger partial charge < -0.3 is 9.84 Å². The second kappa shape index (κ2) is 3.46. The Morgan fingerprint density at radius 3 is 2.93 bits per heavy atom. The predicted octanol–water partition coefficient (Wildman–Crippen LogP) is 1.97. The fourth-order valence-electron chi connectivity index (χ4n) is 1.04. The zero-order valence-corrected chi connectivity index (χ0v) is 7.99. The summed E-state index contributed by atoms with van der Waals surface area (Å²) in [5.41, 5.74) is 0.0666. The van der Waals surface area contributed by atoms with E-state index in [4.69, 9.17) is 21.4 Å². The highest BCUT2D eigenvalue weighted by Gasteiger charge is 2.26. The maximum absolute atomic E-state index is 10.8. The van der Waals surface area contributed by atoms with Crippen molar-refractivity contribution in [3.05, 3.63) is 23.0 Å². The van der Waals surface area contributed by atoms with Crippen LogP contribution in [0, 0.1) is 0 Å². The van der Waals surface area contributed by atoms with E-state index < -0.39 is 5.97 Å². The molecule has 0 radical (unpaired) electrons. The van der Waals surface area contributed by atoms with E-state index in [0.29, 0.717) is 5.75 Å². The molecule has 0 bridgehead atoms. The Bertz CT molecular complexity index is 376. The Balaban J connectivity index is 2.31. The zero-order chi connectivity index (χ0) is 10.1. The highest BCUT2D eigenvalue weighted by Crippen LogP contribution is 2.29. The van der Waals surface area contributed by atoms with E-state index in [1.807, 2.05) is 0 Å². The number of ether oxygens (including phenoxy) is 1. The van der Waals surface area contributed by atoms with E-state index in [2.05, 4.69) is 4.98 Å². The molecule has 1 N–H and O–H groups in total. The first-order valence-corrected chi connectivity index (χ1v) is 4.60. The monoisotopic (exact) mass is 213 g/mol. The molecule has 14 heavy (non-hydrogen) atoms. The van der Waals surface area contributed by atoms with Crippen LogP contribution < -0.4 is 4.74 Å². The van der Waals surface area contributed by atoms with Crippen LogP contribution in [-0.4, -0.2) is 22.2 Å². The van der Waals surface area contributed by atoms with Gasteiger partial charge in [-0.1, -0.05) is 11.6 Å². The van der Waals surface area contributed by atoms with Gasteiger partial charge in [-0.05, 0) is 18.9 Å². The van der Waals surface area contributed by atoms with Crippen LogP contribution >= 0.6 is 11.6 Å². The fourth-order valence-corrected chi connectivity index (χ4v) is 1.20. The van der Waals surface area contributed by atoms with Crippen LogP contribution in [0.2, 0.25) is 5.15 Å². The topological polar surface area (TPSA) is 59.4 Å². The highest BCUT2D eigenvalue weighted by molar-refractivity contribution is 6.29. The summed E-state index contributed by atoms with van der Waals surface area (Å²) in [6.07, 6.45) is 3.45. The van der Waals surface area contributed by atoms with Crippen LogP contribution in [0.4, 0.5) is 0 Å². The highest BCUT2D eigenvalue weighted by atomic mass is 35.5. The number of aromatic nitrogens is 1. The molecule has 1 fully saturated rings. The lowest BCUT2D eigenvalue weighted by Gasteiger charge is -2.06. The average Bonchev–Trinajstić information content (AvgIpc) is 2.91. The van der Waals surface area contributed by atoms with E-state index in [0.717, 1.165) is 12.8 Å². The van der Waals surface area contributed by atoms with Crippen molar-refractivity contribution in [1.29, 1.82) is 0 Å². The fraction of sp³-hybridized carbons (Fsp3) is 0.333. The summed E-state index contributed by atoms with van der Waals surface area (Å²) in [6, 6.07) is 1.29. The molecule has 1 aliphatic rings. The minimum absolute atomic E-state index is 0.0666. The lowest BCUT2D eigenvalue weighted by Crippen LogP contribution is -2.05. The first-order valence-electron chi connectivity index (χ1n) is 4.22. The molecule has 0 aliphatic heterocycles. The molecule has 1 saturated carbocycles. The summed E-state index contributed by atoms with van der Waals surface area (Å²) in [4.78, 5) is 14.6. The molecule has 4 nitrogen and oxygen atoms in total. The summed E-state index contributed by atoms with van der Waals surface area (Å²) in [7, 11) is 0. The third kappa shape index (κ3) is 1.96. The number of carboxylic acids is 1. The van der Waals surface area contributed by atoms with Crippen LogP contribution in [0.15, 0.2) is 12.3 Å². The summed E-state index contributed by atoms with van der Waals surface area (Å²) >= 11 is 5.58. The largest absolute Gasteiger partial charge is 0.488 e. The Kier molecular flexibility index (Phi) is 2.29. The molecule has 0 unspecified atom stereocenters. The van der Waals surface area contributed by atoms with Crippen molar-refractivity contribution in [2.45, 2.75) is 18.9 Å². The van der Waals surface area contributed by atoms with Gasteiger partial charge in [0.1, 0.15) is 10.7 Å². The number of pyridine rings is 1. The normalized spacial score (nSPS) is 15.2. The molecule has 1 heterocycles. The van der Waals surface area contributed by atoms with Crippen LogP contribution in [0.25, 0.3) is 0 Å². The maximum Gasteiger partial charge on any atom is 0.339 e. The number of nitrogens with zero attached hydrogens (tertiary/aromatic N) is 1. The molecule has 5 heteroatoms. The number of aromatic carboxylic acids is 1. The number of hydrogen-bond acceptors (Lipinski definition) is 3. The minimum Gasteiger partial charge on any atom is -0.488 e. The second-order valence-electron chi connectivity index (χ2n) is 3.13. The molecular weight excluding hydrogens is 206 g/mol. The van der Waals surface area contributed by atoms with Gasteiger partial charge in [0.15, 0.2) is 5.75 Å². The Hall–Kier alpha value is -1.29. The lowest BCUT2D eigenvalue weighted by molar-refractivity contribution is 0.0691. The van der Waals surface area contributed by atoms with Crippen LogP contribution in [0.1, 0.15) is 23.2 Å². The molecular formula is C9H8ClNO3. The first kappa shape index (κ1) is 9.27. The van der Waals surface area contributed by atoms with Crippen molar-refractivity contribution in [2.75, 3.05) is 0 Å². The van der Waals surface area contributed by atoms with Crippen molar-refractivity contribution in [3.63, 3.8) is 0 Å². The summed E-state index contributed by atoms with van der Waals surface area (Å²) in [5, 5.41) is 9.01. The lowest BCUT2D eigenvalue weighted by atomic mass is 10.2.